The molecule has 1 spiro atoms. The molecule has 0 unspecified atom stereocenters. The number of ether oxygens (including phenoxy) is 3. The Bertz CT molecular complexity index is 550. The molecular weight excluding hydrogens is 318 g/mol. The van der Waals surface area contributed by atoms with E-state index in [9.17, 15) is 0 Å². The Balaban J connectivity index is 1.21. The molecule has 6 heteroatoms. The number of aryl methyl sites for hydroxylation is 1. The van der Waals surface area contributed by atoms with Crippen molar-refractivity contribution in [3.8, 4) is 0 Å². The van der Waals surface area contributed by atoms with Gasteiger partial charge in [-0.15, -0.1) is 0 Å². The van der Waals surface area contributed by atoms with E-state index in [0.717, 1.165) is 78.3 Å². The topological polar surface area (TPSA) is 48.8 Å². The van der Waals surface area contributed by atoms with Crippen molar-refractivity contribution in [2.24, 2.45) is 5.92 Å². The highest BCUT2D eigenvalue weighted by Crippen LogP contribution is 2.36. The maximum absolute atomic E-state index is 6.26. The van der Waals surface area contributed by atoms with Crippen molar-refractivity contribution in [3.05, 3.63) is 18.0 Å². The van der Waals surface area contributed by atoms with E-state index in [4.69, 9.17) is 14.2 Å². The Morgan fingerprint density at radius 2 is 2.08 bits per heavy atom. The first-order valence-corrected chi connectivity index (χ1v) is 9.82. The molecule has 3 fully saturated rings. The first kappa shape index (κ1) is 17.5. The summed E-state index contributed by atoms with van der Waals surface area (Å²) in [5.74, 6) is 0.681. The molecule has 4 rings (SSSR count). The van der Waals surface area contributed by atoms with Crippen LogP contribution in [0.3, 0.4) is 0 Å². The van der Waals surface area contributed by atoms with Crippen LogP contribution in [0.1, 0.15) is 38.2 Å². The minimum atomic E-state index is 0.0271. The molecule has 0 aliphatic carbocycles. The molecule has 3 aliphatic rings. The molecule has 1 atom stereocenters. The summed E-state index contributed by atoms with van der Waals surface area (Å²) in [4.78, 5) is 2.46. The lowest BCUT2D eigenvalue weighted by molar-refractivity contribution is -0.201. The third kappa shape index (κ3) is 4.25. The van der Waals surface area contributed by atoms with Gasteiger partial charge in [0, 0.05) is 70.8 Å². The molecule has 3 aliphatic heterocycles. The van der Waals surface area contributed by atoms with Crippen LogP contribution >= 0.6 is 0 Å². The van der Waals surface area contributed by atoms with E-state index >= 15 is 0 Å². The normalized spacial score (nSPS) is 27.5. The van der Waals surface area contributed by atoms with Crippen molar-refractivity contribution >= 4 is 0 Å². The molecular formula is C19H31N3O3. The average Bonchev–Trinajstić information content (AvgIpc) is 3.08. The molecule has 0 saturated carbocycles. The summed E-state index contributed by atoms with van der Waals surface area (Å²) < 4.78 is 19.8. The molecule has 0 bridgehead atoms. The first-order valence-electron chi connectivity index (χ1n) is 9.82. The van der Waals surface area contributed by atoms with Crippen LogP contribution in [-0.2, 0) is 27.3 Å². The van der Waals surface area contributed by atoms with Gasteiger partial charge in [-0.25, -0.2) is 0 Å². The van der Waals surface area contributed by atoms with Crippen molar-refractivity contribution in [3.63, 3.8) is 0 Å². The zero-order chi connectivity index (χ0) is 17.1. The lowest BCUT2D eigenvalue weighted by Crippen LogP contribution is -2.65. The molecule has 1 aromatic heterocycles. The van der Waals surface area contributed by atoms with E-state index in [1.807, 2.05) is 10.9 Å². The van der Waals surface area contributed by atoms with Crippen LogP contribution in [0.2, 0.25) is 0 Å². The van der Waals surface area contributed by atoms with Crippen LogP contribution in [0.15, 0.2) is 12.4 Å². The fraction of sp³-hybridized carbons (Fsp3) is 0.842. The van der Waals surface area contributed by atoms with E-state index in [2.05, 4.69) is 23.1 Å². The maximum Gasteiger partial charge on any atom is 0.0959 e. The highest BCUT2D eigenvalue weighted by atomic mass is 16.5. The number of aromatic nitrogens is 2. The average molecular weight is 349 g/mol. The lowest BCUT2D eigenvalue weighted by Gasteiger charge is -2.53. The zero-order valence-corrected chi connectivity index (χ0v) is 15.4. The standard InChI is InChI=1S/C19H31N3O3/c1-2-22-12-17(10-20-22)11-21-14-19(15-21)9-18(5-8-25-19)24-13-16-3-6-23-7-4-16/h10,12,16,18H,2-9,11,13-15H2,1H3/t18-/m0/s1. The predicted octanol–water partition coefficient (Wildman–Crippen LogP) is 2.08. The monoisotopic (exact) mass is 349 g/mol. The fourth-order valence-electron chi connectivity index (χ4n) is 4.33. The quantitative estimate of drug-likeness (QED) is 0.787. The van der Waals surface area contributed by atoms with Crippen LogP contribution in [-0.4, -0.2) is 65.9 Å². The van der Waals surface area contributed by atoms with E-state index in [1.54, 1.807) is 0 Å². The highest BCUT2D eigenvalue weighted by molar-refractivity contribution is 5.08. The van der Waals surface area contributed by atoms with Gasteiger partial charge in [0.1, 0.15) is 0 Å². The van der Waals surface area contributed by atoms with Crippen LogP contribution in [0.5, 0.6) is 0 Å². The van der Waals surface area contributed by atoms with Gasteiger partial charge in [0.25, 0.3) is 0 Å². The van der Waals surface area contributed by atoms with Crippen molar-refractivity contribution < 1.29 is 14.2 Å². The smallest absolute Gasteiger partial charge is 0.0959 e. The summed E-state index contributed by atoms with van der Waals surface area (Å²) in [5.41, 5.74) is 1.32. The number of likely N-dealkylation sites (tertiary alicyclic amines) is 1. The molecule has 1 aromatic rings. The van der Waals surface area contributed by atoms with Gasteiger partial charge >= 0.3 is 0 Å². The van der Waals surface area contributed by atoms with Crippen LogP contribution in [0.25, 0.3) is 0 Å². The molecule has 3 saturated heterocycles. The number of hydrogen-bond acceptors (Lipinski definition) is 5. The Kier molecular flexibility index (Phi) is 5.41. The minimum absolute atomic E-state index is 0.0271. The highest BCUT2D eigenvalue weighted by Gasteiger charge is 2.47. The maximum atomic E-state index is 6.26. The molecule has 140 valence electrons. The van der Waals surface area contributed by atoms with Gasteiger partial charge in [-0.05, 0) is 32.1 Å². The predicted molar refractivity (Wildman–Crippen MR) is 94.4 cm³/mol. The van der Waals surface area contributed by atoms with E-state index < -0.39 is 0 Å². The van der Waals surface area contributed by atoms with Gasteiger partial charge in [0.05, 0.1) is 17.9 Å². The van der Waals surface area contributed by atoms with Gasteiger partial charge in [-0.1, -0.05) is 0 Å². The van der Waals surface area contributed by atoms with Crippen molar-refractivity contribution in [1.29, 1.82) is 0 Å². The third-order valence-corrected chi connectivity index (χ3v) is 5.80. The van der Waals surface area contributed by atoms with Gasteiger partial charge in [-0.2, -0.15) is 5.10 Å². The van der Waals surface area contributed by atoms with Crippen LogP contribution < -0.4 is 0 Å². The van der Waals surface area contributed by atoms with Crippen LogP contribution in [0, 0.1) is 5.92 Å². The molecule has 4 heterocycles. The Labute approximate surface area is 150 Å². The van der Waals surface area contributed by atoms with Crippen molar-refractivity contribution in [2.45, 2.75) is 57.4 Å². The van der Waals surface area contributed by atoms with Crippen molar-refractivity contribution in [1.82, 2.24) is 14.7 Å². The molecule has 25 heavy (non-hydrogen) atoms. The second-order valence-electron chi connectivity index (χ2n) is 7.88. The van der Waals surface area contributed by atoms with Gasteiger partial charge < -0.3 is 14.2 Å². The summed E-state index contributed by atoms with van der Waals surface area (Å²) in [6.45, 7) is 9.57. The van der Waals surface area contributed by atoms with E-state index in [-0.39, 0.29) is 5.60 Å². The summed E-state index contributed by atoms with van der Waals surface area (Å²) in [5, 5.41) is 4.36. The molecule has 6 nitrogen and oxygen atoms in total. The molecule has 0 aromatic carbocycles. The van der Waals surface area contributed by atoms with E-state index in [1.165, 1.54) is 5.56 Å². The van der Waals surface area contributed by atoms with Gasteiger partial charge in [0.2, 0.25) is 0 Å². The lowest BCUT2D eigenvalue weighted by atomic mass is 9.84. The first-order chi connectivity index (χ1) is 12.2. The summed E-state index contributed by atoms with van der Waals surface area (Å²) >= 11 is 0. The van der Waals surface area contributed by atoms with Gasteiger partial charge in [-0.3, -0.25) is 9.58 Å². The third-order valence-electron chi connectivity index (χ3n) is 5.80. The molecule has 0 radical (unpaired) electrons. The SMILES string of the molecule is CCn1cc(CN2CC3(C[C@@H](OCC4CCOCC4)CCO3)C2)cn1. The minimum Gasteiger partial charge on any atom is -0.381 e. The number of rotatable bonds is 6. The summed E-state index contributed by atoms with van der Waals surface area (Å²) in [6.07, 6.45) is 8.86. The largest absolute Gasteiger partial charge is 0.381 e. The Morgan fingerprint density at radius 3 is 2.84 bits per heavy atom. The Hall–Kier alpha value is -0.950. The Morgan fingerprint density at radius 1 is 1.24 bits per heavy atom. The van der Waals surface area contributed by atoms with Crippen molar-refractivity contribution in [2.75, 3.05) is 39.5 Å². The fourth-order valence-corrected chi connectivity index (χ4v) is 4.33. The molecule has 0 amide bonds. The van der Waals surface area contributed by atoms with Gasteiger partial charge in [0.15, 0.2) is 0 Å². The van der Waals surface area contributed by atoms with E-state index in [0.29, 0.717) is 12.0 Å². The number of nitrogens with zero attached hydrogens (tertiary/aromatic N) is 3. The summed E-state index contributed by atoms with van der Waals surface area (Å²) in [7, 11) is 0. The molecule has 0 N–H and O–H groups in total. The second kappa shape index (κ2) is 7.74. The summed E-state index contributed by atoms with van der Waals surface area (Å²) in [6, 6.07) is 0. The van der Waals surface area contributed by atoms with Crippen LogP contribution in [0.4, 0.5) is 0 Å². The zero-order valence-electron chi connectivity index (χ0n) is 15.4. The number of hydrogen-bond donors (Lipinski definition) is 0. The second-order valence-corrected chi connectivity index (χ2v) is 7.88.